The van der Waals surface area contributed by atoms with Crippen LogP contribution in [0.25, 0.3) is 22.2 Å². The van der Waals surface area contributed by atoms with Crippen LogP contribution in [0.1, 0.15) is 25.3 Å². The number of benzene rings is 2. The summed E-state index contributed by atoms with van der Waals surface area (Å²) >= 11 is 0. The van der Waals surface area contributed by atoms with E-state index in [1.165, 1.54) is 25.1 Å². The lowest BCUT2D eigenvalue weighted by molar-refractivity contribution is -0.120. The van der Waals surface area contributed by atoms with Crippen molar-refractivity contribution in [1.29, 1.82) is 0 Å². The summed E-state index contributed by atoms with van der Waals surface area (Å²) in [4.78, 5) is 14.2. The van der Waals surface area contributed by atoms with E-state index in [0.717, 1.165) is 30.0 Å². The summed E-state index contributed by atoms with van der Waals surface area (Å²) in [5.41, 5.74) is 2.47. The van der Waals surface area contributed by atoms with Crippen LogP contribution in [0, 0.1) is 23.4 Å². The zero-order valence-corrected chi connectivity index (χ0v) is 14.8. The van der Waals surface area contributed by atoms with Crippen LogP contribution in [-0.2, 0) is 11.2 Å². The molecule has 0 spiro atoms. The fraction of sp³-hybridized carbons (Fsp3) is 0.286. The van der Waals surface area contributed by atoms with Crippen LogP contribution >= 0.6 is 0 Å². The normalized spacial score (nSPS) is 19.1. The SMILES string of the molecule is CC(=O)NC1CC(Cc2c(-c3ccc(F)cc3)[nH]c3c(F)cc(F)cc23)C1. The first-order valence-electron chi connectivity index (χ1n) is 8.93. The van der Waals surface area contributed by atoms with Gasteiger partial charge < -0.3 is 10.3 Å². The number of rotatable bonds is 4. The minimum absolute atomic E-state index is 0.0540. The molecule has 140 valence electrons. The molecule has 0 unspecified atom stereocenters. The van der Waals surface area contributed by atoms with E-state index in [1.54, 1.807) is 12.1 Å². The third-order valence-corrected chi connectivity index (χ3v) is 5.20. The number of hydrogen-bond acceptors (Lipinski definition) is 1. The van der Waals surface area contributed by atoms with Crippen LogP contribution < -0.4 is 5.32 Å². The lowest BCUT2D eigenvalue weighted by atomic mass is 9.76. The number of H-pyrrole nitrogens is 1. The maximum absolute atomic E-state index is 14.3. The van der Waals surface area contributed by atoms with Crippen molar-refractivity contribution in [2.45, 2.75) is 32.2 Å². The molecule has 1 fully saturated rings. The molecular formula is C21H19F3N2O. The first-order chi connectivity index (χ1) is 12.9. The van der Waals surface area contributed by atoms with Gasteiger partial charge in [-0.25, -0.2) is 13.2 Å². The third-order valence-electron chi connectivity index (χ3n) is 5.20. The highest BCUT2D eigenvalue weighted by Crippen LogP contribution is 2.38. The minimum atomic E-state index is -0.649. The van der Waals surface area contributed by atoms with Gasteiger partial charge in [-0.15, -0.1) is 0 Å². The number of carbonyl (C=O) groups excluding carboxylic acids is 1. The maximum Gasteiger partial charge on any atom is 0.217 e. The third kappa shape index (κ3) is 3.44. The molecule has 0 atom stereocenters. The van der Waals surface area contributed by atoms with Crippen LogP contribution in [-0.4, -0.2) is 16.9 Å². The second-order valence-corrected chi connectivity index (χ2v) is 7.23. The fourth-order valence-electron chi connectivity index (χ4n) is 3.95. The Bertz CT molecular complexity index is 1000. The lowest BCUT2D eigenvalue weighted by Gasteiger charge is -2.35. The van der Waals surface area contributed by atoms with Gasteiger partial charge in [0.15, 0.2) is 0 Å². The highest BCUT2D eigenvalue weighted by atomic mass is 19.1. The molecule has 3 aromatic rings. The molecule has 1 aliphatic carbocycles. The van der Waals surface area contributed by atoms with E-state index >= 15 is 0 Å². The smallest absolute Gasteiger partial charge is 0.217 e. The van der Waals surface area contributed by atoms with Crippen molar-refractivity contribution < 1.29 is 18.0 Å². The second kappa shape index (κ2) is 6.76. The van der Waals surface area contributed by atoms with Crippen molar-refractivity contribution in [2.24, 2.45) is 5.92 Å². The predicted octanol–water partition coefficient (Wildman–Crippen LogP) is 4.71. The van der Waals surface area contributed by atoms with Crippen LogP contribution in [0.2, 0.25) is 0 Å². The van der Waals surface area contributed by atoms with Gasteiger partial charge in [-0.3, -0.25) is 4.79 Å². The van der Waals surface area contributed by atoms with Crippen LogP contribution in [0.3, 0.4) is 0 Å². The number of fused-ring (bicyclic) bond motifs is 1. The molecule has 0 radical (unpaired) electrons. The molecule has 1 amide bonds. The fourth-order valence-corrected chi connectivity index (χ4v) is 3.95. The quantitative estimate of drug-likeness (QED) is 0.685. The van der Waals surface area contributed by atoms with Gasteiger partial charge in [0.1, 0.15) is 17.5 Å². The van der Waals surface area contributed by atoms with Gasteiger partial charge in [0.05, 0.1) is 5.52 Å². The molecule has 2 aromatic carbocycles. The Hall–Kier alpha value is -2.76. The molecule has 27 heavy (non-hydrogen) atoms. The molecule has 4 rings (SSSR count). The van der Waals surface area contributed by atoms with Gasteiger partial charge in [0.25, 0.3) is 0 Å². The lowest BCUT2D eigenvalue weighted by Crippen LogP contribution is -2.44. The Kier molecular flexibility index (Phi) is 4.42. The van der Waals surface area contributed by atoms with Crippen LogP contribution in [0.4, 0.5) is 13.2 Å². The van der Waals surface area contributed by atoms with Gasteiger partial charge in [-0.2, -0.15) is 0 Å². The van der Waals surface area contributed by atoms with Crippen molar-refractivity contribution in [1.82, 2.24) is 10.3 Å². The maximum atomic E-state index is 14.3. The summed E-state index contributed by atoms with van der Waals surface area (Å²) < 4.78 is 41.4. The molecular weight excluding hydrogens is 353 g/mol. The van der Waals surface area contributed by atoms with E-state index < -0.39 is 11.6 Å². The summed E-state index contributed by atoms with van der Waals surface area (Å²) in [6, 6.07) is 8.28. The Morgan fingerprint density at radius 1 is 1.11 bits per heavy atom. The average molecular weight is 372 g/mol. The van der Waals surface area contributed by atoms with Gasteiger partial charge in [0, 0.05) is 30.1 Å². The number of carbonyl (C=O) groups is 1. The molecule has 1 saturated carbocycles. The first-order valence-corrected chi connectivity index (χ1v) is 8.93. The van der Waals surface area contributed by atoms with E-state index in [0.29, 0.717) is 23.4 Å². The highest BCUT2D eigenvalue weighted by molar-refractivity contribution is 5.91. The molecule has 6 heteroatoms. The number of hydrogen-bond donors (Lipinski definition) is 2. The minimum Gasteiger partial charge on any atom is -0.354 e. The zero-order chi connectivity index (χ0) is 19.1. The van der Waals surface area contributed by atoms with Gasteiger partial charge in [-0.05, 0) is 66.6 Å². The molecule has 3 nitrogen and oxygen atoms in total. The average Bonchev–Trinajstić information content (AvgIpc) is 2.92. The Morgan fingerprint density at radius 3 is 2.48 bits per heavy atom. The summed E-state index contributed by atoms with van der Waals surface area (Å²) in [7, 11) is 0. The topological polar surface area (TPSA) is 44.9 Å². The van der Waals surface area contributed by atoms with E-state index in [9.17, 15) is 18.0 Å². The van der Waals surface area contributed by atoms with Crippen molar-refractivity contribution in [3.63, 3.8) is 0 Å². The molecule has 0 saturated heterocycles. The van der Waals surface area contributed by atoms with E-state index in [2.05, 4.69) is 10.3 Å². The van der Waals surface area contributed by atoms with Gasteiger partial charge >= 0.3 is 0 Å². The summed E-state index contributed by atoms with van der Waals surface area (Å²) in [5.74, 6) is -1.38. The molecule has 1 aromatic heterocycles. The summed E-state index contributed by atoms with van der Waals surface area (Å²) in [5, 5.41) is 3.40. The molecule has 2 N–H and O–H groups in total. The molecule has 0 bridgehead atoms. The summed E-state index contributed by atoms with van der Waals surface area (Å²) in [6.07, 6.45) is 2.28. The predicted molar refractivity (Wildman–Crippen MR) is 97.6 cm³/mol. The van der Waals surface area contributed by atoms with Crippen LogP contribution in [0.5, 0.6) is 0 Å². The van der Waals surface area contributed by atoms with Crippen molar-refractivity contribution in [2.75, 3.05) is 0 Å². The first kappa shape index (κ1) is 17.6. The van der Waals surface area contributed by atoms with Crippen molar-refractivity contribution in [3.05, 3.63) is 59.4 Å². The largest absolute Gasteiger partial charge is 0.354 e. The van der Waals surface area contributed by atoms with Crippen LogP contribution in [0.15, 0.2) is 36.4 Å². The number of amides is 1. The zero-order valence-electron chi connectivity index (χ0n) is 14.8. The molecule has 0 aliphatic heterocycles. The van der Waals surface area contributed by atoms with Crippen molar-refractivity contribution in [3.8, 4) is 11.3 Å². The summed E-state index contributed by atoms with van der Waals surface area (Å²) in [6.45, 7) is 1.49. The number of aromatic nitrogens is 1. The second-order valence-electron chi connectivity index (χ2n) is 7.23. The Balaban J connectivity index is 1.72. The number of halogens is 3. The van der Waals surface area contributed by atoms with E-state index in [4.69, 9.17) is 0 Å². The van der Waals surface area contributed by atoms with Crippen molar-refractivity contribution >= 4 is 16.8 Å². The standard InChI is InChI=1S/C21H19F3N2O/c1-11(27)25-16-6-12(7-16)8-17-18-9-15(23)10-19(24)21(18)26-20(17)13-2-4-14(22)5-3-13/h2-5,9-10,12,16,26H,6-8H2,1H3,(H,25,27). The van der Waals surface area contributed by atoms with Gasteiger partial charge in [0.2, 0.25) is 5.91 Å². The van der Waals surface area contributed by atoms with E-state index in [-0.39, 0.29) is 23.3 Å². The van der Waals surface area contributed by atoms with E-state index in [1.807, 2.05) is 0 Å². The van der Waals surface area contributed by atoms with Gasteiger partial charge in [-0.1, -0.05) is 0 Å². The highest BCUT2D eigenvalue weighted by Gasteiger charge is 2.31. The molecule has 1 aliphatic rings. The Labute approximate surface area is 154 Å². The molecule has 1 heterocycles. The number of nitrogens with one attached hydrogen (secondary N) is 2. The number of aromatic amines is 1. The Morgan fingerprint density at radius 2 is 1.81 bits per heavy atom. The monoisotopic (exact) mass is 372 g/mol.